The molecule has 2 rings (SSSR count). The van der Waals surface area contributed by atoms with E-state index >= 15 is 0 Å². The van der Waals surface area contributed by atoms with Crippen LogP contribution in [0.3, 0.4) is 0 Å². The van der Waals surface area contributed by atoms with Gasteiger partial charge in [-0.05, 0) is 6.08 Å². The van der Waals surface area contributed by atoms with Crippen LogP contribution in [-0.2, 0) is 0 Å². The van der Waals surface area contributed by atoms with Crippen molar-refractivity contribution in [3.63, 3.8) is 0 Å². The molecule has 2 aliphatic rings. The van der Waals surface area contributed by atoms with Crippen molar-refractivity contribution in [3.05, 3.63) is 36.5 Å². The summed E-state index contributed by atoms with van der Waals surface area (Å²) >= 11 is 0. The van der Waals surface area contributed by atoms with Gasteiger partial charge in [-0.3, -0.25) is 0 Å². The molecule has 0 unspecified atom stereocenters. The van der Waals surface area contributed by atoms with Gasteiger partial charge in [0.2, 0.25) is 0 Å². The van der Waals surface area contributed by atoms with E-state index in [1.807, 2.05) is 6.08 Å². The molecular formula is C11H15BN2. The molecule has 0 bridgehead atoms. The molecule has 0 aromatic heterocycles. The molecule has 1 spiro atoms. The van der Waals surface area contributed by atoms with Crippen molar-refractivity contribution in [3.8, 4) is 0 Å². The van der Waals surface area contributed by atoms with Crippen LogP contribution < -0.4 is 5.32 Å². The van der Waals surface area contributed by atoms with E-state index in [2.05, 4.69) is 23.4 Å². The molecule has 0 saturated carbocycles. The Morgan fingerprint density at radius 2 is 1.93 bits per heavy atom. The highest BCUT2D eigenvalue weighted by molar-refractivity contribution is 6.23. The fourth-order valence-electron chi connectivity index (χ4n) is 1.98. The Labute approximate surface area is 86.8 Å². The number of hydrogen-bond acceptors (Lipinski definition) is 2. The Balaban J connectivity index is 1.81. The van der Waals surface area contributed by atoms with Crippen LogP contribution in [0.25, 0.3) is 0 Å². The van der Waals surface area contributed by atoms with Gasteiger partial charge in [-0.15, -0.1) is 12.1 Å². The summed E-state index contributed by atoms with van der Waals surface area (Å²) in [5, 5.41) is 3.31. The minimum absolute atomic E-state index is 0.552. The molecule has 0 aromatic carbocycles. The van der Waals surface area contributed by atoms with E-state index in [1.54, 1.807) is 6.08 Å². The first-order valence-corrected chi connectivity index (χ1v) is 4.88. The molecule has 2 fully saturated rings. The van der Waals surface area contributed by atoms with E-state index in [0.29, 0.717) is 10.9 Å². The van der Waals surface area contributed by atoms with Gasteiger partial charge < -0.3 is 10.2 Å². The van der Waals surface area contributed by atoms with Gasteiger partial charge in [-0.2, -0.15) is 0 Å². The average molecular weight is 186 g/mol. The van der Waals surface area contributed by atoms with E-state index in [-0.39, 0.29) is 0 Å². The van der Waals surface area contributed by atoms with Gasteiger partial charge in [-0.25, -0.2) is 0 Å². The summed E-state index contributed by atoms with van der Waals surface area (Å²) in [5.74, 6) is 0. The molecule has 2 aliphatic heterocycles. The number of likely N-dealkylation sites (tertiary alicyclic amines) is 1. The smallest absolute Gasteiger partial charge is 0.112 e. The predicted octanol–water partition coefficient (Wildman–Crippen LogP) is 0.644. The summed E-state index contributed by atoms with van der Waals surface area (Å²) < 4.78 is 0. The lowest BCUT2D eigenvalue weighted by Crippen LogP contribution is -2.70. The maximum atomic E-state index is 5.44. The summed E-state index contributed by atoms with van der Waals surface area (Å²) in [5.41, 5.74) is 2.16. The maximum absolute atomic E-state index is 5.44. The summed E-state index contributed by atoms with van der Waals surface area (Å²) in [6, 6.07) is 0. The van der Waals surface area contributed by atoms with Gasteiger partial charge in [0.15, 0.2) is 0 Å². The molecule has 2 nitrogen and oxygen atoms in total. The zero-order valence-corrected chi connectivity index (χ0v) is 8.42. The summed E-state index contributed by atoms with van der Waals surface area (Å²) in [7, 11) is 5.44. The molecule has 72 valence electrons. The molecule has 3 heteroatoms. The third-order valence-corrected chi connectivity index (χ3v) is 2.95. The van der Waals surface area contributed by atoms with Crippen LogP contribution in [0.2, 0.25) is 0 Å². The number of hydrogen-bond donors (Lipinski definition) is 1. The van der Waals surface area contributed by atoms with Gasteiger partial charge in [0.1, 0.15) is 7.85 Å². The minimum atomic E-state index is 0.552. The topological polar surface area (TPSA) is 15.3 Å². The molecule has 0 aliphatic carbocycles. The molecule has 14 heavy (non-hydrogen) atoms. The van der Waals surface area contributed by atoms with E-state index in [9.17, 15) is 0 Å². The number of rotatable bonds is 3. The zero-order chi connectivity index (χ0) is 10.2. The predicted molar refractivity (Wildman–Crippen MR) is 60.0 cm³/mol. The summed E-state index contributed by atoms with van der Waals surface area (Å²) in [6.45, 7) is 12.2. The highest BCUT2D eigenvalue weighted by Crippen LogP contribution is 2.36. The second-order valence-electron chi connectivity index (χ2n) is 4.36. The molecule has 2 saturated heterocycles. The Hall–Kier alpha value is -0.955. The molecule has 2 radical (unpaired) electrons. The maximum Gasteiger partial charge on any atom is 0.112 e. The van der Waals surface area contributed by atoms with Crippen LogP contribution in [0.4, 0.5) is 0 Å². The van der Waals surface area contributed by atoms with E-state index < -0.39 is 0 Å². The summed E-state index contributed by atoms with van der Waals surface area (Å²) in [6.07, 6.45) is 3.73. The SMILES string of the molecule is [B]C(=C)/C=C\C(=C)N1CC2(CNC2)C1. The van der Waals surface area contributed by atoms with Crippen LogP contribution in [0.1, 0.15) is 0 Å². The van der Waals surface area contributed by atoms with Crippen molar-refractivity contribution in [1.82, 2.24) is 10.2 Å². The van der Waals surface area contributed by atoms with Crippen molar-refractivity contribution >= 4 is 7.85 Å². The molecule has 2 heterocycles. The molecular weight excluding hydrogens is 171 g/mol. The van der Waals surface area contributed by atoms with Crippen molar-refractivity contribution in [2.45, 2.75) is 0 Å². The van der Waals surface area contributed by atoms with Gasteiger partial charge in [0, 0.05) is 37.3 Å². The lowest BCUT2D eigenvalue weighted by molar-refractivity contribution is -0.0134. The van der Waals surface area contributed by atoms with Crippen molar-refractivity contribution in [2.24, 2.45) is 5.41 Å². The Morgan fingerprint density at radius 1 is 1.29 bits per heavy atom. The number of allylic oxidation sites excluding steroid dienone is 3. The van der Waals surface area contributed by atoms with Crippen LogP contribution >= 0.6 is 0 Å². The lowest BCUT2D eigenvalue weighted by Gasteiger charge is -2.57. The largest absolute Gasteiger partial charge is 0.371 e. The molecule has 0 amide bonds. The van der Waals surface area contributed by atoms with Crippen molar-refractivity contribution in [2.75, 3.05) is 26.2 Å². The van der Waals surface area contributed by atoms with E-state index in [0.717, 1.165) is 31.9 Å². The van der Waals surface area contributed by atoms with Crippen LogP contribution in [0, 0.1) is 5.41 Å². The molecule has 0 atom stereocenters. The highest BCUT2D eigenvalue weighted by atomic mass is 15.3. The minimum Gasteiger partial charge on any atom is -0.371 e. The van der Waals surface area contributed by atoms with Gasteiger partial charge in [-0.1, -0.05) is 12.7 Å². The lowest BCUT2D eigenvalue weighted by atomic mass is 9.74. The quantitative estimate of drug-likeness (QED) is 0.514. The third kappa shape index (κ3) is 1.64. The first-order chi connectivity index (χ1) is 6.61. The first-order valence-electron chi connectivity index (χ1n) is 4.88. The number of nitrogens with zero attached hydrogens (tertiary/aromatic N) is 1. The Kier molecular flexibility index (Phi) is 2.27. The van der Waals surface area contributed by atoms with E-state index in [1.165, 1.54) is 0 Å². The Morgan fingerprint density at radius 3 is 2.36 bits per heavy atom. The second-order valence-corrected chi connectivity index (χ2v) is 4.36. The standard InChI is InChI=1S/C11H15BN2/c1-9(12)3-4-10(2)14-7-11(8-14)5-13-6-11/h3-4,13H,1-2,5-8H2/b4-3-. The third-order valence-electron chi connectivity index (χ3n) is 2.95. The normalized spacial score (nSPS) is 23.3. The van der Waals surface area contributed by atoms with Gasteiger partial charge in [0.05, 0.1) is 0 Å². The van der Waals surface area contributed by atoms with Gasteiger partial charge in [0.25, 0.3) is 0 Å². The van der Waals surface area contributed by atoms with E-state index in [4.69, 9.17) is 7.85 Å². The molecule has 1 N–H and O–H groups in total. The van der Waals surface area contributed by atoms with Crippen LogP contribution in [0.15, 0.2) is 36.5 Å². The van der Waals surface area contributed by atoms with Crippen molar-refractivity contribution < 1.29 is 0 Å². The second kappa shape index (κ2) is 3.32. The van der Waals surface area contributed by atoms with Crippen molar-refractivity contribution in [1.29, 1.82) is 0 Å². The van der Waals surface area contributed by atoms with Crippen LogP contribution in [0.5, 0.6) is 0 Å². The first kappa shape index (κ1) is 9.59. The van der Waals surface area contributed by atoms with Crippen LogP contribution in [-0.4, -0.2) is 38.9 Å². The summed E-state index contributed by atoms with van der Waals surface area (Å²) in [4.78, 5) is 2.28. The molecule has 0 aromatic rings. The zero-order valence-electron chi connectivity index (χ0n) is 8.42. The monoisotopic (exact) mass is 186 g/mol. The fourth-order valence-corrected chi connectivity index (χ4v) is 1.98. The number of nitrogens with one attached hydrogen (secondary N) is 1. The highest BCUT2D eigenvalue weighted by Gasteiger charge is 2.47. The van der Waals surface area contributed by atoms with Gasteiger partial charge >= 0.3 is 0 Å². The average Bonchev–Trinajstić information content (AvgIpc) is 1.95. The Bertz CT molecular complexity index is 294. The fraction of sp³-hybridized carbons (Fsp3) is 0.455.